The molecule has 0 saturated carbocycles. The largest absolute Gasteiger partial charge is 0.447 e. The van der Waals surface area contributed by atoms with Crippen molar-refractivity contribution in [1.29, 1.82) is 0 Å². The van der Waals surface area contributed by atoms with E-state index in [4.69, 9.17) is 27.1 Å². The highest BCUT2D eigenvalue weighted by molar-refractivity contribution is 6.33. The van der Waals surface area contributed by atoms with Gasteiger partial charge in [0.05, 0.1) is 22.8 Å². The molecule has 3 heterocycles. The van der Waals surface area contributed by atoms with E-state index in [0.717, 1.165) is 11.2 Å². The molecule has 2 aromatic carbocycles. The number of rotatable bonds is 12. The Kier molecular flexibility index (Phi) is 10.9. The molecule has 4 aromatic rings. The number of aromatic nitrogens is 5. The topological polar surface area (TPSA) is 146 Å². The van der Waals surface area contributed by atoms with Crippen molar-refractivity contribution >= 4 is 29.6 Å². The van der Waals surface area contributed by atoms with Crippen LogP contribution in [-0.4, -0.2) is 65.7 Å². The number of hydrogen-bond donors (Lipinski definition) is 2. The van der Waals surface area contributed by atoms with Crippen LogP contribution in [0, 0.1) is 5.41 Å². The first-order chi connectivity index (χ1) is 24.7. The van der Waals surface area contributed by atoms with Gasteiger partial charge in [-0.15, -0.1) is 0 Å². The Balaban J connectivity index is 1.59. The third kappa shape index (κ3) is 8.14. The lowest BCUT2D eigenvalue weighted by Gasteiger charge is -2.35. The number of nitrogens with two attached hydrogens (primary N) is 1. The Bertz CT molecular complexity index is 1990. The fourth-order valence-electron chi connectivity index (χ4n) is 5.99. The predicted molar refractivity (Wildman–Crippen MR) is 187 cm³/mol. The first-order valence-corrected chi connectivity index (χ1v) is 16.8. The minimum Gasteiger partial charge on any atom is -0.447 e. The molecule has 0 saturated heterocycles. The second kappa shape index (κ2) is 14.8. The van der Waals surface area contributed by atoms with Crippen LogP contribution in [0.4, 0.5) is 26.7 Å². The highest BCUT2D eigenvalue weighted by Crippen LogP contribution is 2.45. The number of carbonyl (C=O) groups excluding carboxylic acids is 2. The summed E-state index contributed by atoms with van der Waals surface area (Å²) >= 11 is 6.46. The molecule has 5 rings (SSSR count). The summed E-state index contributed by atoms with van der Waals surface area (Å²) in [6, 6.07) is 9.71. The van der Waals surface area contributed by atoms with Crippen LogP contribution in [0.1, 0.15) is 78.2 Å². The number of hydrogen-bond acceptors (Lipinski definition) is 8. The van der Waals surface area contributed by atoms with Crippen LogP contribution in [0.5, 0.6) is 0 Å². The molecule has 0 fully saturated rings. The molecular formula is C35H39ClF5N9O3. The quantitative estimate of drug-likeness (QED) is 0.141. The van der Waals surface area contributed by atoms with Crippen LogP contribution in [0.25, 0.3) is 22.5 Å². The van der Waals surface area contributed by atoms with E-state index in [1.165, 1.54) is 51.4 Å². The van der Waals surface area contributed by atoms with E-state index >= 15 is 0 Å². The van der Waals surface area contributed by atoms with Gasteiger partial charge in [-0.2, -0.15) is 32.4 Å². The molecule has 1 aliphatic rings. The second-order valence-electron chi connectivity index (χ2n) is 14.4. The number of carbonyl (C=O) groups is 2. The van der Waals surface area contributed by atoms with Gasteiger partial charge in [-0.3, -0.25) is 9.69 Å². The zero-order valence-corrected chi connectivity index (χ0v) is 30.5. The molecule has 1 aliphatic heterocycles. The van der Waals surface area contributed by atoms with Crippen molar-refractivity contribution in [1.82, 2.24) is 34.8 Å². The molecule has 3 atom stereocenters. The number of ether oxygens (including phenoxy) is 1. The van der Waals surface area contributed by atoms with Gasteiger partial charge in [-0.1, -0.05) is 62.7 Å². The standard InChI is InChI=1S/C35H39ClF5N9O3/c1-19(37)34(5,6)47-32(52)53-16-26(21-9-12-25(36)24(13-21)27-43-18-45-50(27)30(40)41)49-28(51)35(46-31(49)42,17-33(2,3)4)23-10-7-20(8-11-23)22-14-44-48(15-22)29(38)39/h7-15,18-19,26,29-30H,16-17H2,1-6H3,(H2,42,46)(H,47,52)/t19?,26-,35-/m1/s1. The van der Waals surface area contributed by atoms with E-state index in [1.807, 2.05) is 20.8 Å². The van der Waals surface area contributed by atoms with Crippen molar-refractivity contribution in [3.8, 4) is 22.5 Å². The van der Waals surface area contributed by atoms with Gasteiger partial charge >= 0.3 is 19.2 Å². The van der Waals surface area contributed by atoms with Gasteiger partial charge in [0.2, 0.25) is 0 Å². The van der Waals surface area contributed by atoms with Gasteiger partial charge in [-0.25, -0.2) is 23.8 Å². The normalized spacial score (nSPS) is 17.7. The number of guanidine groups is 1. The zero-order chi connectivity index (χ0) is 39.0. The number of aliphatic imine (C=N–C) groups is 1. The maximum absolute atomic E-state index is 14.9. The SMILES string of the molecule is CC(F)C(C)(C)NC(=O)OC[C@H](c1ccc(Cl)c(-c2ncnn2C(F)F)c1)N1C(=O)[C@@](CC(C)(C)C)(c2ccc(-c3cnn(C(F)F)c3)cc2)N=C1N. The molecule has 2 amide bonds. The average molecular weight is 764 g/mol. The summed E-state index contributed by atoms with van der Waals surface area (Å²) in [5.74, 6) is -1.10. The minimum absolute atomic E-state index is 0.0374. The smallest absolute Gasteiger partial charge is 0.407 e. The highest BCUT2D eigenvalue weighted by atomic mass is 35.5. The van der Waals surface area contributed by atoms with Crippen molar-refractivity contribution in [3.05, 3.63) is 77.3 Å². The summed E-state index contributed by atoms with van der Waals surface area (Å²) < 4.78 is 74.7. The van der Waals surface area contributed by atoms with Crippen LogP contribution < -0.4 is 11.1 Å². The van der Waals surface area contributed by atoms with Crippen molar-refractivity contribution in [2.45, 2.75) is 84.4 Å². The molecule has 53 heavy (non-hydrogen) atoms. The number of halogens is 6. The first kappa shape index (κ1) is 39.2. The molecule has 0 spiro atoms. The second-order valence-corrected chi connectivity index (χ2v) is 14.8. The molecule has 284 valence electrons. The van der Waals surface area contributed by atoms with Crippen molar-refractivity contribution in [2.24, 2.45) is 16.1 Å². The third-order valence-electron chi connectivity index (χ3n) is 8.88. The van der Waals surface area contributed by atoms with E-state index in [9.17, 15) is 31.5 Å². The van der Waals surface area contributed by atoms with E-state index < -0.39 is 60.4 Å². The monoisotopic (exact) mass is 763 g/mol. The molecule has 12 nitrogen and oxygen atoms in total. The predicted octanol–water partition coefficient (Wildman–Crippen LogP) is 7.64. The van der Waals surface area contributed by atoms with Crippen LogP contribution in [0.3, 0.4) is 0 Å². The Morgan fingerprint density at radius 2 is 1.68 bits per heavy atom. The lowest BCUT2D eigenvalue weighted by atomic mass is 9.75. The number of benzene rings is 2. The molecule has 0 bridgehead atoms. The van der Waals surface area contributed by atoms with Gasteiger partial charge in [0, 0.05) is 17.3 Å². The Hall–Kier alpha value is -5.06. The van der Waals surface area contributed by atoms with Crippen molar-refractivity contribution < 1.29 is 36.3 Å². The number of nitrogens with zero attached hydrogens (tertiary/aromatic N) is 7. The third-order valence-corrected chi connectivity index (χ3v) is 9.21. The van der Waals surface area contributed by atoms with Gasteiger partial charge in [0.25, 0.3) is 5.91 Å². The summed E-state index contributed by atoms with van der Waals surface area (Å²) in [6.07, 6.45) is 1.14. The maximum Gasteiger partial charge on any atom is 0.407 e. The van der Waals surface area contributed by atoms with Crippen LogP contribution in [0.15, 0.2) is 66.2 Å². The number of alkyl halides is 5. The first-order valence-electron chi connectivity index (χ1n) is 16.4. The summed E-state index contributed by atoms with van der Waals surface area (Å²) in [7, 11) is 0. The lowest BCUT2D eigenvalue weighted by molar-refractivity contribution is -0.135. The van der Waals surface area contributed by atoms with Gasteiger partial charge in [-0.05, 0) is 61.4 Å². The minimum atomic E-state index is -3.05. The summed E-state index contributed by atoms with van der Waals surface area (Å²) in [4.78, 5) is 37.8. The summed E-state index contributed by atoms with van der Waals surface area (Å²) in [5, 5.41) is 9.77. The van der Waals surface area contributed by atoms with Gasteiger partial charge in [0.1, 0.15) is 19.1 Å². The van der Waals surface area contributed by atoms with Gasteiger partial charge in [0.15, 0.2) is 17.3 Å². The summed E-state index contributed by atoms with van der Waals surface area (Å²) in [6.45, 7) is 3.52. The van der Waals surface area contributed by atoms with Crippen LogP contribution in [0.2, 0.25) is 5.02 Å². The Morgan fingerprint density at radius 3 is 2.26 bits per heavy atom. The van der Waals surface area contributed by atoms with Crippen molar-refractivity contribution in [2.75, 3.05) is 6.61 Å². The summed E-state index contributed by atoms with van der Waals surface area (Å²) in [5.41, 5.74) is 4.86. The molecule has 3 N–H and O–H groups in total. The average Bonchev–Trinajstić information content (AvgIpc) is 3.81. The van der Waals surface area contributed by atoms with E-state index in [0.29, 0.717) is 26.1 Å². The number of nitrogens with one attached hydrogen (secondary N) is 1. The number of alkyl carbamates (subject to hydrolysis) is 1. The fraction of sp³-hybridized carbons (Fsp3) is 0.429. The van der Waals surface area contributed by atoms with E-state index in [-0.39, 0.29) is 34.4 Å². The van der Waals surface area contributed by atoms with Crippen molar-refractivity contribution in [3.63, 3.8) is 0 Å². The molecular weight excluding hydrogens is 725 g/mol. The molecule has 18 heteroatoms. The van der Waals surface area contributed by atoms with Crippen LogP contribution in [-0.2, 0) is 15.1 Å². The Labute approximate surface area is 307 Å². The highest BCUT2D eigenvalue weighted by Gasteiger charge is 2.53. The van der Waals surface area contributed by atoms with Gasteiger partial charge < -0.3 is 15.8 Å². The Morgan fingerprint density at radius 1 is 1.00 bits per heavy atom. The molecule has 1 unspecified atom stereocenters. The van der Waals surface area contributed by atoms with Crippen LogP contribution >= 0.6 is 11.6 Å². The maximum atomic E-state index is 14.9. The molecule has 0 radical (unpaired) electrons. The fourth-order valence-corrected chi connectivity index (χ4v) is 6.19. The molecule has 0 aliphatic carbocycles. The van der Waals surface area contributed by atoms with E-state index in [1.54, 1.807) is 24.3 Å². The lowest BCUT2D eigenvalue weighted by Crippen LogP contribution is -2.51. The number of amides is 2. The van der Waals surface area contributed by atoms with E-state index in [2.05, 4.69) is 20.5 Å². The molecule has 2 aromatic heterocycles. The zero-order valence-electron chi connectivity index (χ0n) is 29.7.